The van der Waals surface area contributed by atoms with Gasteiger partial charge in [-0.05, 0) is 25.0 Å². The molecule has 1 aliphatic rings. The largest absolute Gasteiger partial charge is 0.327 e. The maximum atomic E-state index is 12.4. The Kier molecular flexibility index (Phi) is 3.66. The Morgan fingerprint density at radius 2 is 2.11 bits per heavy atom. The predicted octanol–water partition coefficient (Wildman–Crippen LogP) is 0.670. The van der Waals surface area contributed by atoms with Gasteiger partial charge in [-0.15, -0.1) is 0 Å². The van der Waals surface area contributed by atoms with E-state index < -0.39 is 10.0 Å². The Hall–Kier alpha value is -1.42. The van der Waals surface area contributed by atoms with Gasteiger partial charge in [0, 0.05) is 19.1 Å². The maximum Gasteiger partial charge on any atom is 0.244 e. The van der Waals surface area contributed by atoms with Crippen molar-refractivity contribution in [1.82, 2.24) is 4.31 Å². The lowest BCUT2D eigenvalue weighted by Gasteiger charge is -2.30. The Balaban J connectivity index is 2.39. The first kappa shape index (κ1) is 13.0. The minimum Gasteiger partial charge on any atom is -0.327 e. The van der Waals surface area contributed by atoms with Gasteiger partial charge in [-0.2, -0.15) is 9.57 Å². The molecule has 18 heavy (non-hydrogen) atoms. The average molecular weight is 265 g/mol. The summed E-state index contributed by atoms with van der Waals surface area (Å²) in [5.41, 5.74) is 5.98. The van der Waals surface area contributed by atoms with Crippen LogP contribution in [0.2, 0.25) is 0 Å². The molecule has 1 unspecified atom stereocenters. The summed E-state index contributed by atoms with van der Waals surface area (Å²) in [6, 6.07) is 8.04. The van der Waals surface area contributed by atoms with Crippen LogP contribution < -0.4 is 5.73 Å². The number of rotatable bonds is 2. The molecule has 0 bridgehead atoms. The highest BCUT2D eigenvalue weighted by atomic mass is 32.2. The number of sulfonamides is 1. The SMILES string of the molecule is N#Cc1ccccc1S(=O)(=O)N1CCCC(N)C1. The molecule has 0 saturated carbocycles. The lowest BCUT2D eigenvalue weighted by Crippen LogP contribution is -2.45. The number of benzene rings is 1. The summed E-state index contributed by atoms with van der Waals surface area (Å²) < 4.78 is 26.2. The van der Waals surface area contributed by atoms with E-state index in [1.165, 1.54) is 16.4 Å². The molecule has 1 atom stereocenters. The number of nitriles is 1. The van der Waals surface area contributed by atoms with Crippen molar-refractivity contribution in [3.05, 3.63) is 29.8 Å². The van der Waals surface area contributed by atoms with E-state index in [1.54, 1.807) is 12.1 Å². The zero-order valence-electron chi connectivity index (χ0n) is 9.91. The van der Waals surface area contributed by atoms with Gasteiger partial charge in [-0.3, -0.25) is 0 Å². The zero-order chi connectivity index (χ0) is 13.2. The highest BCUT2D eigenvalue weighted by Gasteiger charge is 2.30. The fourth-order valence-electron chi connectivity index (χ4n) is 2.12. The third-order valence-electron chi connectivity index (χ3n) is 3.05. The van der Waals surface area contributed by atoms with Gasteiger partial charge < -0.3 is 5.73 Å². The van der Waals surface area contributed by atoms with Gasteiger partial charge in [0.1, 0.15) is 6.07 Å². The van der Waals surface area contributed by atoms with Crippen LogP contribution in [0.1, 0.15) is 18.4 Å². The summed E-state index contributed by atoms with van der Waals surface area (Å²) in [4.78, 5) is 0.0709. The van der Waals surface area contributed by atoms with Crippen molar-refractivity contribution < 1.29 is 8.42 Å². The van der Waals surface area contributed by atoms with E-state index in [0.29, 0.717) is 13.1 Å². The quantitative estimate of drug-likeness (QED) is 0.851. The fraction of sp³-hybridized carbons (Fsp3) is 0.417. The van der Waals surface area contributed by atoms with Crippen LogP contribution in [0.15, 0.2) is 29.2 Å². The van der Waals surface area contributed by atoms with Crippen LogP contribution in [-0.2, 0) is 10.0 Å². The Morgan fingerprint density at radius 1 is 1.39 bits per heavy atom. The van der Waals surface area contributed by atoms with E-state index >= 15 is 0 Å². The number of piperidine rings is 1. The topological polar surface area (TPSA) is 87.2 Å². The summed E-state index contributed by atoms with van der Waals surface area (Å²) in [5.74, 6) is 0. The van der Waals surface area contributed by atoms with Crippen molar-refractivity contribution in [2.24, 2.45) is 5.73 Å². The molecule has 1 saturated heterocycles. The number of hydrogen-bond donors (Lipinski definition) is 1. The second-order valence-electron chi connectivity index (χ2n) is 4.37. The summed E-state index contributed by atoms with van der Waals surface area (Å²) in [6.45, 7) is 0.790. The first-order valence-electron chi connectivity index (χ1n) is 5.80. The molecule has 0 spiro atoms. The van der Waals surface area contributed by atoms with Crippen LogP contribution in [0.4, 0.5) is 0 Å². The molecular formula is C12H15N3O2S. The van der Waals surface area contributed by atoms with Crippen molar-refractivity contribution in [3.63, 3.8) is 0 Å². The minimum absolute atomic E-state index is 0.0709. The lowest BCUT2D eigenvalue weighted by atomic mass is 10.1. The first-order chi connectivity index (χ1) is 8.55. The second kappa shape index (κ2) is 5.06. The Morgan fingerprint density at radius 3 is 2.78 bits per heavy atom. The molecule has 6 heteroatoms. The van der Waals surface area contributed by atoms with Crippen LogP contribution in [0.3, 0.4) is 0 Å². The molecule has 1 heterocycles. The van der Waals surface area contributed by atoms with E-state index in [9.17, 15) is 8.42 Å². The fourth-order valence-corrected chi connectivity index (χ4v) is 3.79. The van der Waals surface area contributed by atoms with Crippen LogP contribution in [0, 0.1) is 11.3 Å². The molecule has 0 aromatic heterocycles. The molecule has 0 radical (unpaired) electrons. The Bertz CT molecular complexity index is 577. The van der Waals surface area contributed by atoms with Gasteiger partial charge in [-0.25, -0.2) is 8.42 Å². The molecule has 1 aromatic rings. The lowest BCUT2D eigenvalue weighted by molar-refractivity contribution is 0.316. The van der Waals surface area contributed by atoms with Crippen LogP contribution in [0.25, 0.3) is 0 Å². The minimum atomic E-state index is -3.61. The Labute approximate surface area is 107 Å². The molecule has 1 aliphatic heterocycles. The maximum absolute atomic E-state index is 12.4. The van der Waals surface area contributed by atoms with Crippen LogP contribution in [0.5, 0.6) is 0 Å². The smallest absolute Gasteiger partial charge is 0.244 e. The van der Waals surface area contributed by atoms with E-state index in [4.69, 9.17) is 11.0 Å². The van der Waals surface area contributed by atoms with E-state index in [-0.39, 0.29) is 16.5 Å². The van der Waals surface area contributed by atoms with Crippen LogP contribution >= 0.6 is 0 Å². The molecule has 2 rings (SSSR count). The molecule has 0 amide bonds. The van der Waals surface area contributed by atoms with Gasteiger partial charge in [0.05, 0.1) is 10.5 Å². The van der Waals surface area contributed by atoms with Crippen molar-refractivity contribution in [2.45, 2.75) is 23.8 Å². The monoisotopic (exact) mass is 265 g/mol. The second-order valence-corrected chi connectivity index (χ2v) is 6.28. The summed E-state index contributed by atoms with van der Waals surface area (Å²) in [5, 5.41) is 8.97. The van der Waals surface area contributed by atoms with Crippen molar-refractivity contribution >= 4 is 10.0 Å². The van der Waals surface area contributed by atoms with Crippen molar-refractivity contribution in [2.75, 3.05) is 13.1 Å². The highest BCUT2D eigenvalue weighted by molar-refractivity contribution is 7.89. The standard InChI is InChI=1S/C12H15N3O2S/c13-8-10-4-1-2-6-12(10)18(16,17)15-7-3-5-11(14)9-15/h1-2,4,6,11H,3,5,7,9,14H2. The molecule has 5 nitrogen and oxygen atoms in total. The average Bonchev–Trinajstić information content (AvgIpc) is 2.38. The number of nitrogens with two attached hydrogens (primary N) is 1. The van der Waals surface area contributed by atoms with Gasteiger partial charge in [0.25, 0.3) is 0 Å². The molecule has 1 aromatic carbocycles. The van der Waals surface area contributed by atoms with E-state index in [2.05, 4.69) is 0 Å². The van der Waals surface area contributed by atoms with Gasteiger partial charge >= 0.3 is 0 Å². The number of nitrogens with zero attached hydrogens (tertiary/aromatic N) is 2. The third-order valence-corrected chi connectivity index (χ3v) is 4.97. The predicted molar refractivity (Wildman–Crippen MR) is 67.1 cm³/mol. The van der Waals surface area contributed by atoms with E-state index in [0.717, 1.165) is 12.8 Å². The van der Waals surface area contributed by atoms with Crippen molar-refractivity contribution in [3.8, 4) is 6.07 Å². The molecule has 2 N–H and O–H groups in total. The highest BCUT2D eigenvalue weighted by Crippen LogP contribution is 2.22. The van der Waals surface area contributed by atoms with Gasteiger partial charge in [-0.1, -0.05) is 12.1 Å². The van der Waals surface area contributed by atoms with Crippen molar-refractivity contribution in [1.29, 1.82) is 5.26 Å². The molecule has 96 valence electrons. The molecule has 0 aliphatic carbocycles. The van der Waals surface area contributed by atoms with E-state index in [1.807, 2.05) is 6.07 Å². The summed E-state index contributed by atoms with van der Waals surface area (Å²) >= 11 is 0. The van der Waals surface area contributed by atoms with Gasteiger partial charge in [0.15, 0.2) is 0 Å². The summed E-state index contributed by atoms with van der Waals surface area (Å²) in [7, 11) is -3.61. The normalized spacial score (nSPS) is 21.4. The summed E-state index contributed by atoms with van der Waals surface area (Å²) in [6.07, 6.45) is 1.60. The molecule has 1 fully saturated rings. The zero-order valence-corrected chi connectivity index (χ0v) is 10.7. The third kappa shape index (κ3) is 2.38. The van der Waals surface area contributed by atoms with Gasteiger partial charge in [0.2, 0.25) is 10.0 Å². The molecular weight excluding hydrogens is 250 g/mol. The first-order valence-corrected chi connectivity index (χ1v) is 7.24. The van der Waals surface area contributed by atoms with Crippen LogP contribution in [-0.4, -0.2) is 31.9 Å². The number of hydrogen-bond acceptors (Lipinski definition) is 4.